The molecule has 0 bridgehead atoms. The number of amides is 5. The van der Waals surface area contributed by atoms with Crippen molar-refractivity contribution in [1.82, 2.24) is 20.0 Å². The van der Waals surface area contributed by atoms with E-state index in [4.69, 9.17) is 17.2 Å². The summed E-state index contributed by atoms with van der Waals surface area (Å²) in [5, 5.41) is 2.96. The average Bonchev–Trinajstić information content (AvgIpc) is 3.13. The topological polar surface area (TPSA) is 198 Å². The summed E-state index contributed by atoms with van der Waals surface area (Å²) in [5.74, 6) is -2.30. The Labute approximate surface area is 296 Å². The van der Waals surface area contributed by atoms with E-state index in [9.17, 15) is 24.0 Å². The number of nitrogens with zero attached hydrogens (tertiary/aromatic N) is 4. The second kappa shape index (κ2) is 15.0. The van der Waals surface area contributed by atoms with Crippen molar-refractivity contribution in [3.05, 3.63) is 106 Å². The Hall–Kier alpha value is -5.72. The molecule has 0 aliphatic carbocycles. The van der Waals surface area contributed by atoms with Crippen LogP contribution in [0.4, 0.5) is 0 Å². The molecule has 0 aromatic heterocycles. The Morgan fingerprint density at radius 1 is 0.686 bits per heavy atom. The van der Waals surface area contributed by atoms with E-state index in [2.05, 4.69) is 10.3 Å². The lowest BCUT2D eigenvalue weighted by Gasteiger charge is -2.42. The lowest BCUT2D eigenvalue weighted by molar-refractivity contribution is -0.152. The molecule has 0 spiro atoms. The molecule has 6 rings (SSSR count). The molecule has 3 aromatic rings. The molecule has 266 valence electrons. The SMILES string of the molecule is CC(=O)N1Cc2ccccc2C[C@H]1C(=O)N1Cc2ccccc2C[C@H]1C(=O)N[C@@H](CCCN=C(N)N)C(=O)N1Cc2ccccc2C[C@H]1C(N)=O. The van der Waals surface area contributed by atoms with Gasteiger partial charge in [-0.15, -0.1) is 0 Å². The van der Waals surface area contributed by atoms with Crippen LogP contribution in [0.5, 0.6) is 0 Å². The van der Waals surface area contributed by atoms with Gasteiger partial charge in [-0.1, -0.05) is 72.8 Å². The summed E-state index contributed by atoms with van der Waals surface area (Å²) < 4.78 is 0. The van der Waals surface area contributed by atoms with Gasteiger partial charge in [0, 0.05) is 52.4 Å². The summed E-state index contributed by atoms with van der Waals surface area (Å²) in [6, 6.07) is 19.1. The molecule has 4 atom stereocenters. The molecule has 5 amide bonds. The molecule has 3 aliphatic rings. The highest BCUT2D eigenvalue weighted by molar-refractivity contribution is 5.96. The second-order valence-corrected chi connectivity index (χ2v) is 13.5. The number of fused-ring (bicyclic) bond motifs is 3. The third-order valence-electron chi connectivity index (χ3n) is 10.2. The number of rotatable bonds is 9. The molecular formula is C38H44N8O5. The molecule has 13 heteroatoms. The predicted octanol–water partition coefficient (Wildman–Crippen LogP) is 0.891. The van der Waals surface area contributed by atoms with Crippen molar-refractivity contribution < 1.29 is 24.0 Å². The Morgan fingerprint density at radius 3 is 1.67 bits per heavy atom. The van der Waals surface area contributed by atoms with Gasteiger partial charge in [0.2, 0.25) is 29.5 Å². The summed E-state index contributed by atoms with van der Waals surface area (Å²) in [7, 11) is 0. The van der Waals surface area contributed by atoms with Crippen molar-refractivity contribution in [2.24, 2.45) is 22.2 Å². The van der Waals surface area contributed by atoms with E-state index in [-0.39, 0.29) is 63.2 Å². The number of primary amides is 1. The zero-order chi connectivity index (χ0) is 36.2. The number of benzene rings is 3. The second-order valence-electron chi connectivity index (χ2n) is 13.5. The fraction of sp³-hybridized carbons (Fsp3) is 0.368. The first-order chi connectivity index (χ1) is 24.5. The minimum absolute atomic E-state index is 0.0942. The van der Waals surface area contributed by atoms with E-state index in [1.54, 1.807) is 4.90 Å². The Kier molecular flexibility index (Phi) is 10.4. The van der Waals surface area contributed by atoms with Gasteiger partial charge in [0.1, 0.15) is 24.2 Å². The average molecular weight is 693 g/mol. The molecule has 3 aliphatic heterocycles. The van der Waals surface area contributed by atoms with Crippen molar-refractivity contribution in [1.29, 1.82) is 0 Å². The van der Waals surface area contributed by atoms with Crippen LogP contribution in [0.2, 0.25) is 0 Å². The maximum atomic E-state index is 14.6. The van der Waals surface area contributed by atoms with Gasteiger partial charge >= 0.3 is 0 Å². The van der Waals surface area contributed by atoms with Crippen LogP contribution >= 0.6 is 0 Å². The molecular weight excluding hydrogens is 648 g/mol. The summed E-state index contributed by atoms with van der Waals surface area (Å²) in [6.45, 7) is 2.26. The van der Waals surface area contributed by atoms with Gasteiger partial charge in [-0.25, -0.2) is 0 Å². The van der Waals surface area contributed by atoms with Gasteiger partial charge in [-0.05, 0) is 46.2 Å². The highest BCUT2D eigenvalue weighted by atomic mass is 16.2. The maximum absolute atomic E-state index is 14.6. The molecule has 51 heavy (non-hydrogen) atoms. The maximum Gasteiger partial charge on any atom is 0.246 e. The van der Waals surface area contributed by atoms with Gasteiger partial charge < -0.3 is 37.2 Å². The number of carbonyl (C=O) groups excluding carboxylic acids is 5. The summed E-state index contributed by atoms with van der Waals surface area (Å²) >= 11 is 0. The first-order valence-corrected chi connectivity index (χ1v) is 17.3. The smallest absolute Gasteiger partial charge is 0.246 e. The van der Waals surface area contributed by atoms with Crippen LogP contribution in [0, 0.1) is 0 Å². The van der Waals surface area contributed by atoms with Gasteiger partial charge in [0.15, 0.2) is 5.96 Å². The molecule has 0 radical (unpaired) electrons. The quantitative estimate of drug-likeness (QED) is 0.145. The monoisotopic (exact) mass is 692 g/mol. The minimum atomic E-state index is -1.07. The van der Waals surface area contributed by atoms with Crippen molar-refractivity contribution in [2.45, 2.75) is 82.8 Å². The van der Waals surface area contributed by atoms with Gasteiger partial charge in [-0.3, -0.25) is 29.0 Å². The van der Waals surface area contributed by atoms with Crippen LogP contribution in [-0.2, 0) is 62.9 Å². The zero-order valence-corrected chi connectivity index (χ0v) is 28.7. The highest BCUT2D eigenvalue weighted by Gasteiger charge is 2.43. The number of hydrogen-bond donors (Lipinski definition) is 4. The van der Waals surface area contributed by atoms with E-state index < -0.39 is 41.9 Å². The normalized spacial score (nSPS) is 19.9. The van der Waals surface area contributed by atoms with Gasteiger partial charge in [-0.2, -0.15) is 0 Å². The van der Waals surface area contributed by atoms with E-state index in [0.29, 0.717) is 12.8 Å². The van der Waals surface area contributed by atoms with Crippen LogP contribution in [0.3, 0.4) is 0 Å². The Bertz CT molecular complexity index is 1870. The number of guanidine groups is 1. The predicted molar refractivity (Wildman–Crippen MR) is 190 cm³/mol. The zero-order valence-electron chi connectivity index (χ0n) is 28.7. The summed E-state index contributed by atoms with van der Waals surface area (Å²) in [6.07, 6.45) is 1.31. The van der Waals surface area contributed by atoms with Gasteiger partial charge in [0.05, 0.1) is 0 Å². The fourth-order valence-electron chi connectivity index (χ4n) is 7.49. The number of nitrogens with one attached hydrogen (secondary N) is 1. The molecule has 3 heterocycles. The minimum Gasteiger partial charge on any atom is -0.370 e. The van der Waals surface area contributed by atoms with Crippen molar-refractivity contribution >= 4 is 35.5 Å². The first-order valence-electron chi connectivity index (χ1n) is 17.3. The van der Waals surface area contributed by atoms with Crippen LogP contribution in [-0.4, -0.2) is 80.9 Å². The molecule has 0 unspecified atom stereocenters. The van der Waals surface area contributed by atoms with Gasteiger partial charge in [0.25, 0.3) is 0 Å². The Balaban J connectivity index is 1.30. The molecule has 7 N–H and O–H groups in total. The summed E-state index contributed by atoms with van der Waals surface area (Å²) in [4.78, 5) is 77.5. The molecule has 0 fully saturated rings. The molecule has 13 nitrogen and oxygen atoms in total. The van der Waals surface area contributed by atoms with E-state index in [0.717, 1.165) is 33.4 Å². The number of carbonyl (C=O) groups is 5. The van der Waals surface area contributed by atoms with Crippen molar-refractivity contribution in [3.8, 4) is 0 Å². The molecule has 3 aromatic carbocycles. The van der Waals surface area contributed by atoms with Crippen molar-refractivity contribution in [3.63, 3.8) is 0 Å². The fourth-order valence-corrected chi connectivity index (χ4v) is 7.49. The van der Waals surface area contributed by atoms with E-state index in [1.807, 2.05) is 72.8 Å². The number of aliphatic imine (C=N–C) groups is 1. The van der Waals surface area contributed by atoms with Crippen LogP contribution < -0.4 is 22.5 Å². The third kappa shape index (κ3) is 7.57. The van der Waals surface area contributed by atoms with Crippen LogP contribution in [0.15, 0.2) is 77.8 Å². The number of nitrogens with two attached hydrogens (primary N) is 3. The third-order valence-corrected chi connectivity index (χ3v) is 10.2. The largest absolute Gasteiger partial charge is 0.370 e. The number of hydrogen-bond acceptors (Lipinski definition) is 6. The van der Waals surface area contributed by atoms with Crippen molar-refractivity contribution in [2.75, 3.05) is 6.54 Å². The molecule has 0 saturated carbocycles. The highest BCUT2D eigenvalue weighted by Crippen LogP contribution is 2.30. The Morgan fingerprint density at radius 2 is 1.16 bits per heavy atom. The van der Waals surface area contributed by atoms with E-state index >= 15 is 0 Å². The molecule has 0 saturated heterocycles. The lowest BCUT2D eigenvalue weighted by Crippen LogP contribution is -2.62. The van der Waals surface area contributed by atoms with Crippen LogP contribution in [0.25, 0.3) is 0 Å². The summed E-state index contributed by atoms with van der Waals surface area (Å²) in [5.41, 5.74) is 22.5. The van der Waals surface area contributed by atoms with E-state index in [1.165, 1.54) is 16.7 Å². The lowest BCUT2D eigenvalue weighted by atomic mass is 9.89. The first kappa shape index (κ1) is 35.1. The van der Waals surface area contributed by atoms with Crippen LogP contribution in [0.1, 0.15) is 53.1 Å². The standard InChI is InChI=1S/C38H44N8O5/c1-23(47)44-20-27-12-5-4-11-26(27)19-33(44)37(51)46-22-29-14-7-3-10-25(29)18-32(46)35(49)43-30(15-8-16-42-38(40)41)36(50)45-21-28-13-6-2-9-24(28)17-31(45)34(39)48/h2-7,9-14,30-33H,8,15-22H2,1H3,(H2,39,48)(H,43,49)(H4,40,41,42)/t30-,31-,32-,33-/m0/s1.